The van der Waals surface area contributed by atoms with E-state index < -0.39 is 0 Å². The Bertz CT molecular complexity index is 730. The van der Waals surface area contributed by atoms with E-state index in [1.165, 1.54) is 0 Å². The van der Waals surface area contributed by atoms with Crippen LogP contribution in [0.2, 0.25) is 0 Å². The summed E-state index contributed by atoms with van der Waals surface area (Å²) < 4.78 is 2.06. The van der Waals surface area contributed by atoms with E-state index in [-0.39, 0.29) is 6.04 Å². The van der Waals surface area contributed by atoms with Gasteiger partial charge in [-0.1, -0.05) is 0 Å². The number of pyridine rings is 1. The fourth-order valence-electron chi connectivity index (χ4n) is 2.65. The molecular weight excluding hydrogens is 284 g/mol. The molecule has 1 saturated carbocycles. The summed E-state index contributed by atoms with van der Waals surface area (Å²) >= 11 is 1.56. The van der Waals surface area contributed by atoms with Crippen LogP contribution in [0.25, 0.3) is 16.5 Å². The molecule has 106 valence electrons. The number of hydrogen-bond donors (Lipinski definition) is 1. The van der Waals surface area contributed by atoms with Gasteiger partial charge in [-0.25, -0.2) is 4.98 Å². The van der Waals surface area contributed by atoms with Crippen LogP contribution in [0, 0.1) is 0 Å². The van der Waals surface area contributed by atoms with E-state index in [0.717, 1.165) is 35.2 Å². The van der Waals surface area contributed by atoms with Crippen LogP contribution >= 0.6 is 11.3 Å². The van der Waals surface area contributed by atoms with Crippen molar-refractivity contribution < 1.29 is 0 Å². The van der Waals surface area contributed by atoms with Gasteiger partial charge in [0.1, 0.15) is 5.82 Å². The van der Waals surface area contributed by atoms with E-state index in [4.69, 9.17) is 5.73 Å². The molecule has 0 saturated heterocycles. The first-order valence-corrected chi connectivity index (χ1v) is 7.72. The molecule has 3 aromatic rings. The Morgan fingerprint density at radius 2 is 2.14 bits per heavy atom. The lowest BCUT2D eigenvalue weighted by atomic mass is 9.80. The first-order valence-electron chi connectivity index (χ1n) is 6.84. The first-order chi connectivity index (χ1) is 10.3. The van der Waals surface area contributed by atoms with Gasteiger partial charge in [-0.3, -0.25) is 9.55 Å². The topological polar surface area (TPSA) is 82.5 Å². The summed E-state index contributed by atoms with van der Waals surface area (Å²) in [7, 11) is 0. The van der Waals surface area contributed by atoms with Crippen LogP contribution in [0.4, 0.5) is 0 Å². The Morgan fingerprint density at radius 1 is 1.24 bits per heavy atom. The summed E-state index contributed by atoms with van der Waals surface area (Å²) in [4.78, 5) is 8.56. The monoisotopic (exact) mass is 298 g/mol. The van der Waals surface area contributed by atoms with E-state index >= 15 is 0 Å². The summed E-state index contributed by atoms with van der Waals surface area (Å²) in [6.07, 6.45) is 7.27. The standard InChI is InChI=1S/C14H14N6S/c15-10-6-9(7-10)12-18-19-13(14-17-4-5-21-14)20(12)11-2-1-3-16-8-11/h1-5,8-10H,6-7,15H2. The normalized spacial score (nSPS) is 21.2. The molecule has 1 aliphatic rings. The highest BCUT2D eigenvalue weighted by molar-refractivity contribution is 7.13. The summed E-state index contributed by atoms with van der Waals surface area (Å²) in [6, 6.07) is 4.20. The van der Waals surface area contributed by atoms with Gasteiger partial charge in [0.2, 0.25) is 0 Å². The van der Waals surface area contributed by atoms with Gasteiger partial charge >= 0.3 is 0 Å². The number of thiazole rings is 1. The number of hydrogen-bond acceptors (Lipinski definition) is 6. The summed E-state index contributed by atoms with van der Waals surface area (Å²) in [5, 5.41) is 11.6. The third kappa shape index (κ3) is 2.14. The Morgan fingerprint density at radius 3 is 2.81 bits per heavy atom. The molecule has 1 aliphatic carbocycles. The second kappa shape index (κ2) is 5.01. The molecule has 6 nitrogen and oxygen atoms in total. The third-order valence-corrected chi connectivity index (χ3v) is 4.52. The van der Waals surface area contributed by atoms with Crippen molar-refractivity contribution in [2.75, 3.05) is 0 Å². The number of nitrogens with zero attached hydrogens (tertiary/aromatic N) is 5. The average Bonchev–Trinajstić information content (AvgIpc) is 3.13. The highest BCUT2D eigenvalue weighted by atomic mass is 32.1. The minimum Gasteiger partial charge on any atom is -0.328 e. The summed E-state index contributed by atoms with van der Waals surface area (Å²) in [6.45, 7) is 0. The zero-order valence-corrected chi connectivity index (χ0v) is 12.1. The molecule has 0 aromatic carbocycles. The molecule has 0 spiro atoms. The quantitative estimate of drug-likeness (QED) is 0.799. The second-order valence-corrected chi connectivity index (χ2v) is 6.09. The minimum atomic E-state index is 0.275. The predicted octanol–water partition coefficient (Wildman–Crippen LogP) is 1.99. The fourth-order valence-corrected chi connectivity index (χ4v) is 3.26. The Hall–Kier alpha value is -2.12. The van der Waals surface area contributed by atoms with Crippen LogP contribution in [0.3, 0.4) is 0 Å². The zero-order valence-electron chi connectivity index (χ0n) is 11.3. The highest BCUT2D eigenvalue weighted by Gasteiger charge is 2.33. The lowest BCUT2D eigenvalue weighted by molar-refractivity contribution is 0.335. The number of aromatic nitrogens is 5. The van der Waals surface area contributed by atoms with Crippen molar-refractivity contribution in [3.8, 4) is 16.5 Å². The van der Waals surface area contributed by atoms with Crippen molar-refractivity contribution >= 4 is 11.3 Å². The van der Waals surface area contributed by atoms with Gasteiger partial charge in [0, 0.05) is 29.7 Å². The maximum atomic E-state index is 5.92. The number of rotatable bonds is 3. The molecule has 0 aliphatic heterocycles. The largest absolute Gasteiger partial charge is 0.328 e. The van der Waals surface area contributed by atoms with Gasteiger partial charge in [0.05, 0.1) is 11.9 Å². The van der Waals surface area contributed by atoms with Crippen molar-refractivity contribution in [1.82, 2.24) is 24.7 Å². The van der Waals surface area contributed by atoms with Crippen molar-refractivity contribution in [1.29, 1.82) is 0 Å². The molecule has 0 radical (unpaired) electrons. The van der Waals surface area contributed by atoms with E-state index in [9.17, 15) is 0 Å². The van der Waals surface area contributed by atoms with Crippen molar-refractivity contribution in [2.45, 2.75) is 24.8 Å². The molecule has 7 heteroatoms. The minimum absolute atomic E-state index is 0.275. The van der Waals surface area contributed by atoms with Gasteiger partial charge < -0.3 is 5.73 Å². The molecule has 1 fully saturated rings. The molecule has 0 unspecified atom stereocenters. The maximum absolute atomic E-state index is 5.92. The molecule has 0 atom stereocenters. The average molecular weight is 298 g/mol. The van der Waals surface area contributed by atoms with Gasteiger partial charge in [-0.15, -0.1) is 21.5 Å². The highest BCUT2D eigenvalue weighted by Crippen LogP contribution is 2.37. The SMILES string of the molecule is NC1CC(c2nnc(-c3nccs3)n2-c2cccnc2)C1. The molecule has 21 heavy (non-hydrogen) atoms. The molecule has 0 bridgehead atoms. The Kier molecular flexibility index (Phi) is 3.01. The first kappa shape index (κ1) is 12.6. The van der Waals surface area contributed by atoms with Gasteiger partial charge in [0.15, 0.2) is 10.8 Å². The molecule has 4 rings (SSSR count). The molecule has 2 N–H and O–H groups in total. The summed E-state index contributed by atoms with van der Waals surface area (Å²) in [5.74, 6) is 2.09. The van der Waals surface area contributed by atoms with Gasteiger partial charge in [0.25, 0.3) is 0 Å². The number of nitrogens with two attached hydrogens (primary N) is 1. The maximum Gasteiger partial charge on any atom is 0.197 e. The van der Waals surface area contributed by atoms with E-state index in [1.807, 2.05) is 23.7 Å². The van der Waals surface area contributed by atoms with E-state index in [0.29, 0.717) is 5.92 Å². The van der Waals surface area contributed by atoms with Crippen LogP contribution in [0.1, 0.15) is 24.6 Å². The zero-order chi connectivity index (χ0) is 14.2. The van der Waals surface area contributed by atoms with Crippen LogP contribution in [-0.2, 0) is 0 Å². The second-order valence-electron chi connectivity index (χ2n) is 5.19. The predicted molar refractivity (Wildman–Crippen MR) is 80.2 cm³/mol. The van der Waals surface area contributed by atoms with Crippen LogP contribution < -0.4 is 5.73 Å². The van der Waals surface area contributed by atoms with Crippen LogP contribution in [0.15, 0.2) is 36.1 Å². The Balaban J connectivity index is 1.85. The molecule has 3 heterocycles. The Labute approximate surface area is 125 Å². The molecular formula is C14H14N6S. The lowest BCUT2D eigenvalue weighted by Crippen LogP contribution is -2.36. The molecule has 0 amide bonds. The van der Waals surface area contributed by atoms with E-state index in [2.05, 4.69) is 24.7 Å². The van der Waals surface area contributed by atoms with Crippen molar-refractivity contribution in [2.24, 2.45) is 5.73 Å². The van der Waals surface area contributed by atoms with Gasteiger partial charge in [-0.05, 0) is 25.0 Å². The molecule has 3 aromatic heterocycles. The van der Waals surface area contributed by atoms with Crippen molar-refractivity contribution in [3.05, 3.63) is 41.9 Å². The fraction of sp³-hybridized carbons (Fsp3) is 0.286. The van der Waals surface area contributed by atoms with E-state index in [1.54, 1.807) is 23.7 Å². The van der Waals surface area contributed by atoms with Gasteiger partial charge in [-0.2, -0.15) is 0 Å². The van der Waals surface area contributed by atoms with Crippen molar-refractivity contribution in [3.63, 3.8) is 0 Å². The smallest absolute Gasteiger partial charge is 0.197 e. The van der Waals surface area contributed by atoms with Crippen LogP contribution in [0.5, 0.6) is 0 Å². The van der Waals surface area contributed by atoms with Crippen LogP contribution in [-0.4, -0.2) is 30.8 Å². The third-order valence-electron chi connectivity index (χ3n) is 3.76. The summed E-state index contributed by atoms with van der Waals surface area (Å²) in [5.41, 5.74) is 6.88. The lowest BCUT2D eigenvalue weighted by Gasteiger charge is -2.31.